The topological polar surface area (TPSA) is 93.1 Å². The van der Waals surface area contributed by atoms with Crippen molar-refractivity contribution in [2.45, 2.75) is 135 Å². The third kappa shape index (κ3) is 10.1. The smallest absolute Gasteiger partial charge is 0.341 e. The molecule has 5 atom stereocenters. The van der Waals surface area contributed by atoms with Crippen LogP contribution in [-0.2, 0) is 27.2 Å². The van der Waals surface area contributed by atoms with Gasteiger partial charge in [0.15, 0.2) is 6.61 Å². The van der Waals surface area contributed by atoms with Crippen molar-refractivity contribution in [3.8, 4) is 5.75 Å². The highest BCUT2D eigenvalue weighted by Gasteiger charge is 2.45. The number of carbonyl (C=O) groups excluding carboxylic acids is 1. The first-order valence-electron chi connectivity index (χ1n) is 15.8. The summed E-state index contributed by atoms with van der Waals surface area (Å²) in [6.07, 6.45) is 16.9. The van der Waals surface area contributed by atoms with E-state index in [2.05, 4.69) is 19.9 Å². The van der Waals surface area contributed by atoms with Gasteiger partial charge in [-0.1, -0.05) is 77.3 Å². The quantitative estimate of drug-likeness (QED) is 0.140. The maximum absolute atomic E-state index is 12.6. The zero-order valence-corrected chi connectivity index (χ0v) is 24.4. The van der Waals surface area contributed by atoms with E-state index in [4.69, 9.17) is 14.6 Å². The molecule has 0 unspecified atom stereocenters. The summed E-state index contributed by atoms with van der Waals surface area (Å²) in [5.41, 5.74) is 2.31. The predicted octanol–water partition coefficient (Wildman–Crippen LogP) is 7.27. The van der Waals surface area contributed by atoms with Crippen LogP contribution in [0.25, 0.3) is 0 Å². The lowest BCUT2D eigenvalue weighted by Crippen LogP contribution is -2.29. The highest BCUT2D eigenvalue weighted by molar-refractivity contribution is 5.69. The minimum absolute atomic E-state index is 0.0621. The van der Waals surface area contributed by atoms with Crippen molar-refractivity contribution in [2.75, 3.05) is 6.61 Å². The van der Waals surface area contributed by atoms with E-state index in [1.807, 2.05) is 12.1 Å². The average molecular weight is 545 g/mol. The normalized spacial score (nSPS) is 22.6. The fraction of sp³-hybridized carbons (Fsp3) is 0.758. The predicted molar refractivity (Wildman–Crippen MR) is 154 cm³/mol. The van der Waals surface area contributed by atoms with Crippen LogP contribution in [0.2, 0.25) is 0 Å². The minimum atomic E-state index is -0.977. The van der Waals surface area contributed by atoms with Crippen LogP contribution in [-0.4, -0.2) is 41.0 Å². The van der Waals surface area contributed by atoms with Crippen LogP contribution in [0.15, 0.2) is 18.2 Å². The number of hydrogen-bond donors (Lipinski definition) is 2. The lowest BCUT2D eigenvalue weighted by atomic mass is 9.73. The largest absolute Gasteiger partial charge is 0.482 e. The van der Waals surface area contributed by atoms with Gasteiger partial charge in [-0.15, -0.1) is 0 Å². The molecule has 220 valence electrons. The zero-order chi connectivity index (χ0) is 28.0. The first kappa shape index (κ1) is 31.4. The third-order valence-corrected chi connectivity index (χ3v) is 8.93. The Morgan fingerprint density at radius 1 is 0.949 bits per heavy atom. The van der Waals surface area contributed by atoms with E-state index in [0.29, 0.717) is 24.0 Å². The molecule has 1 aromatic rings. The molecule has 0 aliphatic heterocycles. The standard InChI is InChI=1S/C33H52O6/c1-3-5-7-8-9-10-12-15-26(39-33(37)17-11-6-4-2)18-19-27-28-20-24-14-13-16-31(38-23-32(35)36)29(24)21-25(28)22-30(27)34/h13-14,16,25-28,30,34H,3-12,15,17-23H2,1-2H3,(H,35,36)/t25-,26-,27+,28-,30+/m0/s1. The SMILES string of the molecule is CCCCCCCCC[C@@H](CC[C@@H]1[C@H]2Cc3cccc(OCC(=O)O)c3C[C@H]2C[C@H]1O)OC(=O)CCCCC. The fourth-order valence-electron chi connectivity index (χ4n) is 6.81. The van der Waals surface area contributed by atoms with Crippen LogP contribution in [0.4, 0.5) is 0 Å². The van der Waals surface area contributed by atoms with Gasteiger partial charge in [-0.2, -0.15) is 0 Å². The highest BCUT2D eigenvalue weighted by Crippen LogP contribution is 2.48. The number of ether oxygens (including phenoxy) is 2. The van der Waals surface area contributed by atoms with Gasteiger partial charge >= 0.3 is 11.9 Å². The van der Waals surface area contributed by atoms with Crippen LogP contribution in [0, 0.1) is 17.8 Å². The van der Waals surface area contributed by atoms with Crippen molar-refractivity contribution in [1.29, 1.82) is 0 Å². The molecular formula is C33H52O6. The van der Waals surface area contributed by atoms with Crippen molar-refractivity contribution >= 4 is 11.9 Å². The van der Waals surface area contributed by atoms with E-state index < -0.39 is 5.97 Å². The average Bonchev–Trinajstić information content (AvgIpc) is 3.22. The molecule has 0 amide bonds. The molecule has 1 saturated carbocycles. The molecule has 39 heavy (non-hydrogen) atoms. The Morgan fingerprint density at radius 2 is 1.67 bits per heavy atom. The van der Waals surface area contributed by atoms with E-state index in [1.54, 1.807) is 0 Å². The summed E-state index contributed by atoms with van der Waals surface area (Å²) in [6, 6.07) is 5.91. The number of aliphatic hydroxyl groups excluding tert-OH is 1. The Balaban J connectivity index is 1.57. The van der Waals surface area contributed by atoms with Crippen LogP contribution in [0.3, 0.4) is 0 Å². The summed E-state index contributed by atoms with van der Waals surface area (Å²) in [6.45, 7) is 4.04. The summed E-state index contributed by atoms with van der Waals surface area (Å²) in [5.74, 6) is 0.571. The van der Waals surface area contributed by atoms with Gasteiger partial charge in [0.25, 0.3) is 0 Å². The number of benzene rings is 1. The van der Waals surface area contributed by atoms with E-state index >= 15 is 0 Å². The molecular weight excluding hydrogens is 492 g/mol. The third-order valence-electron chi connectivity index (χ3n) is 8.93. The van der Waals surface area contributed by atoms with Crippen LogP contribution in [0.1, 0.15) is 121 Å². The number of rotatable bonds is 19. The molecule has 1 fully saturated rings. The van der Waals surface area contributed by atoms with Gasteiger partial charge in [-0.3, -0.25) is 4.79 Å². The van der Waals surface area contributed by atoms with Crippen LogP contribution < -0.4 is 4.74 Å². The summed E-state index contributed by atoms with van der Waals surface area (Å²) in [4.78, 5) is 23.6. The zero-order valence-electron chi connectivity index (χ0n) is 24.4. The summed E-state index contributed by atoms with van der Waals surface area (Å²) < 4.78 is 11.6. The molecule has 6 nitrogen and oxygen atoms in total. The number of hydrogen-bond acceptors (Lipinski definition) is 5. The molecule has 1 aromatic carbocycles. The summed E-state index contributed by atoms with van der Waals surface area (Å²) in [5, 5.41) is 20.1. The van der Waals surface area contributed by atoms with Gasteiger partial charge in [0.05, 0.1) is 6.10 Å². The number of carbonyl (C=O) groups is 2. The molecule has 6 heteroatoms. The highest BCUT2D eigenvalue weighted by atomic mass is 16.5. The summed E-state index contributed by atoms with van der Waals surface area (Å²) >= 11 is 0. The molecule has 2 aliphatic rings. The fourth-order valence-corrected chi connectivity index (χ4v) is 6.81. The lowest BCUT2D eigenvalue weighted by molar-refractivity contribution is -0.150. The Kier molecular flexibility index (Phi) is 13.6. The van der Waals surface area contributed by atoms with Crippen molar-refractivity contribution in [1.82, 2.24) is 0 Å². The molecule has 0 heterocycles. The van der Waals surface area contributed by atoms with Gasteiger partial charge in [-0.05, 0) is 86.3 Å². The summed E-state index contributed by atoms with van der Waals surface area (Å²) in [7, 11) is 0. The van der Waals surface area contributed by atoms with E-state index in [0.717, 1.165) is 69.8 Å². The number of carboxylic acids is 1. The minimum Gasteiger partial charge on any atom is -0.482 e. The molecule has 0 bridgehead atoms. The number of esters is 1. The molecule has 2 N–H and O–H groups in total. The van der Waals surface area contributed by atoms with Crippen molar-refractivity contribution in [3.05, 3.63) is 29.3 Å². The molecule has 0 spiro atoms. The van der Waals surface area contributed by atoms with Gasteiger partial charge in [0.1, 0.15) is 11.9 Å². The second-order valence-electron chi connectivity index (χ2n) is 11.9. The van der Waals surface area contributed by atoms with Crippen LogP contribution in [0.5, 0.6) is 5.75 Å². The van der Waals surface area contributed by atoms with Crippen LogP contribution >= 0.6 is 0 Å². The maximum Gasteiger partial charge on any atom is 0.341 e. The molecule has 0 radical (unpaired) electrons. The van der Waals surface area contributed by atoms with E-state index in [-0.39, 0.29) is 30.7 Å². The van der Waals surface area contributed by atoms with E-state index in [1.165, 1.54) is 44.1 Å². The van der Waals surface area contributed by atoms with Gasteiger partial charge < -0.3 is 19.7 Å². The van der Waals surface area contributed by atoms with Gasteiger partial charge in [-0.25, -0.2) is 4.79 Å². The number of unbranched alkanes of at least 4 members (excludes halogenated alkanes) is 8. The van der Waals surface area contributed by atoms with Crippen molar-refractivity contribution < 1.29 is 29.3 Å². The monoisotopic (exact) mass is 544 g/mol. The Bertz CT molecular complexity index is 883. The number of fused-ring (bicyclic) bond motifs is 2. The first-order chi connectivity index (χ1) is 18.9. The maximum atomic E-state index is 12.6. The first-order valence-corrected chi connectivity index (χ1v) is 15.8. The van der Waals surface area contributed by atoms with Gasteiger partial charge in [0.2, 0.25) is 0 Å². The molecule has 0 saturated heterocycles. The lowest BCUT2D eigenvalue weighted by Gasteiger charge is -2.32. The van der Waals surface area contributed by atoms with Crippen molar-refractivity contribution in [3.63, 3.8) is 0 Å². The second-order valence-corrected chi connectivity index (χ2v) is 11.9. The Hall–Kier alpha value is -2.08. The Morgan fingerprint density at radius 3 is 2.41 bits per heavy atom. The number of carboxylic acid groups (broad SMARTS) is 1. The molecule has 0 aromatic heterocycles. The van der Waals surface area contributed by atoms with E-state index in [9.17, 15) is 14.7 Å². The molecule has 2 aliphatic carbocycles. The molecule has 3 rings (SSSR count). The van der Waals surface area contributed by atoms with Crippen molar-refractivity contribution in [2.24, 2.45) is 17.8 Å². The number of aliphatic hydroxyl groups is 1. The van der Waals surface area contributed by atoms with Gasteiger partial charge in [0, 0.05) is 6.42 Å². The second kappa shape index (κ2) is 16.9. The number of aliphatic carboxylic acids is 1. The Labute approximate surface area is 235 Å².